The molecule has 1 atom stereocenters. The van der Waals surface area contributed by atoms with E-state index < -0.39 is 17.7 Å². The zero-order chi connectivity index (χ0) is 18.8. The van der Waals surface area contributed by atoms with Gasteiger partial charge in [-0.1, -0.05) is 11.6 Å². The number of aromatic nitrogens is 1. The van der Waals surface area contributed by atoms with E-state index in [4.69, 9.17) is 11.6 Å². The standard InChI is InChI=1S/C18H20ClF2N3O2/c1-24-6-4-11(5-7-24)23-18(26)14-8-10(9-22-14)17(25)15-12(19)2-3-13(20)16(15)21/h2-3,8-9,11,17,22,25H,4-7H2,1H3,(H,23,26). The number of amides is 1. The van der Waals surface area contributed by atoms with Crippen LogP contribution in [0.25, 0.3) is 0 Å². The lowest BCUT2D eigenvalue weighted by molar-refractivity contribution is 0.0912. The number of nitrogens with one attached hydrogen (secondary N) is 2. The van der Waals surface area contributed by atoms with Crippen molar-refractivity contribution in [1.82, 2.24) is 15.2 Å². The molecule has 8 heteroatoms. The smallest absolute Gasteiger partial charge is 0.267 e. The Kier molecular flexibility index (Phi) is 5.60. The molecule has 3 N–H and O–H groups in total. The van der Waals surface area contributed by atoms with Crippen LogP contribution >= 0.6 is 11.6 Å². The van der Waals surface area contributed by atoms with Crippen molar-refractivity contribution in [2.24, 2.45) is 0 Å². The van der Waals surface area contributed by atoms with E-state index in [1.165, 1.54) is 18.3 Å². The maximum Gasteiger partial charge on any atom is 0.267 e. The molecule has 3 rings (SSSR count). The van der Waals surface area contributed by atoms with E-state index in [-0.39, 0.29) is 33.8 Å². The summed E-state index contributed by atoms with van der Waals surface area (Å²) in [6, 6.07) is 3.57. The lowest BCUT2D eigenvalue weighted by Gasteiger charge is -2.29. The van der Waals surface area contributed by atoms with Crippen LogP contribution in [-0.4, -0.2) is 47.1 Å². The van der Waals surface area contributed by atoms with E-state index in [0.29, 0.717) is 0 Å². The number of benzene rings is 1. The Morgan fingerprint density at radius 2 is 2.08 bits per heavy atom. The van der Waals surface area contributed by atoms with Crippen LogP contribution in [0.4, 0.5) is 8.78 Å². The van der Waals surface area contributed by atoms with Crippen LogP contribution in [0.5, 0.6) is 0 Å². The fourth-order valence-corrected chi connectivity index (χ4v) is 3.33. The quantitative estimate of drug-likeness (QED) is 0.711. The second-order valence-corrected chi connectivity index (χ2v) is 6.96. The van der Waals surface area contributed by atoms with Crippen molar-refractivity contribution in [1.29, 1.82) is 0 Å². The predicted octanol–water partition coefficient (Wildman–Crippen LogP) is 2.85. The largest absolute Gasteiger partial charge is 0.383 e. The summed E-state index contributed by atoms with van der Waals surface area (Å²) < 4.78 is 27.4. The molecule has 1 aliphatic heterocycles. The van der Waals surface area contributed by atoms with Crippen molar-refractivity contribution in [3.63, 3.8) is 0 Å². The monoisotopic (exact) mass is 383 g/mol. The highest BCUT2D eigenvalue weighted by atomic mass is 35.5. The molecule has 2 aromatic rings. The van der Waals surface area contributed by atoms with Crippen molar-refractivity contribution in [3.8, 4) is 0 Å². The summed E-state index contributed by atoms with van der Waals surface area (Å²) in [5.41, 5.74) is 0.115. The molecule has 0 spiro atoms. The Labute approximate surface area is 155 Å². The molecule has 2 heterocycles. The van der Waals surface area contributed by atoms with E-state index in [0.717, 1.165) is 32.0 Å². The second-order valence-electron chi connectivity index (χ2n) is 6.56. The summed E-state index contributed by atoms with van der Waals surface area (Å²) in [5.74, 6) is -2.61. The minimum absolute atomic E-state index is 0.0880. The molecule has 1 fully saturated rings. The Morgan fingerprint density at radius 3 is 2.77 bits per heavy atom. The van der Waals surface area contributed by atoms with E-state index in [9.17, 15) is 18.7 Å². The van der Waals surface area contributed by atoms with E-state index in [1.54, 1.807) is 0 Å². The molecule has 0 aliphatic carbocycles. The molecule has 1 saturated heterocycles. The van der Waals surface area contributed by atoms with Gasteiger partial charge in [-0.15, -0.1) is 0 Å². The first kappa shape index (κ1) is 18.8. The number of likely N-dealkylation sites (tertiary alicyclic amines) is 1. The van der Waals surface area contributed by atoms with Gasteiger partial charge in [0.2, 0.25) is 0 Å². The Balaban J connectivity index is 1.73. The van der Waals surface area contributed by atoms with E-state index in [2.05, 4.69) is 15.2 Å². The Bertz CT molecular complexity index is 804. The highest BCUT2D eigenvalue weighted by Gasteiger charge is 2.24. The third kappa shape index (κ3) is 3.90. The molecule has 1 aromatic carbocycles. The first-order valence-electron chi connectivity index (χ1n) is 8.36. The van der Waals surface area contributed by atoms with Gasteiger partial charge in [-0.3, -0.25) is 4.79 Å². The van der Waals surface area contributed by atoms with Crippen molar-refractivity contribution >= 4 is 17.5 Å². The molecule has 1 aromatic heterocycles. The Morgan fingerprint density at radius 1 is 1.38 bits per heavy atom. The number of aliphatic hydroxyl groups is 1. The van der Waals surface area contributed by atoms with Gasteiger partial charge in [0.15, 0.2) is 11.6 Å². The van der Waals surface area contributed by atoms with Crippen LogP contribution in [-0.2, 0) is 0 Å². The number of H-pyrrole nitrogens is 1. The van der Waals surface area contributed by atoms with E-state index >= 15 is 0 Å². The van der Waals surface area contributed by atoms with Crippen molar-refractivity contribution < 1.29 is 18.7 Å². The van der Waals surface area contributed by atoms with Crippen LogP contribution in [0.15, 0.2) is 24.4 Å². The average Bonchev–Trinajstić information content (AvgIpc) is 3.11. The minimum Gasteiger partial charge on any atom is -0.383 e. The Hall–Kier alpha value is -1.96. The summed E-state index contributed by atoms with van der Waals surface area (Å²) in [6.07, 6.45) is 1.62. The van der Waals surface area contributed by atoms with Crippen LogP contribution < -0.4 is 5.32 Å². The number of rotatable bonds is 4. The number of aliphatic hydroxyl groups excluding tert-OH is 1. The fourth-order valence-electron chi connectivity index (χ4n) is 3.08. The molecular weight excluding hydrogens is 364 g/mol. The van der Waals surface area contributed by atoms with Crippen LogP contribution in [0, 0.1) is 11.6 Å². The number of nitrogens with zero attached hydrogens (tertiary/aromatic N) is 1. The van der Waals surface area contributed by atoms with Gasteiger partial charge >= 0.3 is 0 Å². The molecule has 5 nitrogen and oxygen atoms in total. The van der Waals surface area contributed by atoms with Crippen molar-refractivity contribution in [2.45, 2.75) is 25.0 Å². The van der Waals surface area contributed by atoms with Gasteiger partial charge in [-0.25, -0.2) is 8.78 Å². The predicted molar refractivity (Wildman–Crippen MR) is 94.2 cm³/mol. The normalized spacial score (nSPS) is 17.3. The number of carbonyl (C=O) groups excluding carboxylic acids is 1. The minimum atomic E-state index is -1.49. The van der Waals surface area contributed by atoms with Gasteiger partial charge < -0.3 is 20.3 Å². The molecule has 26 heavy (non-hydrogen) atoms. The maximum absolute atomic E-state index is 14.0. The second kappa shape index (κ2) is 7.73. The van der Waals surface area contributed by atoms with Crippen LogP contribution in [0.3, 0.4) is 0 Å². The molecule has 1 aliphatic rings. The highest BCUT2D eigenvalue weighted by molar-refractivity contribution is 6.31. The topological polar surface area (TPSA) is 68.4 Å². The molecule has 1 unspecified atom stereocenters. The number of carbonyl (C=O) groups is 1. The number of halogens is 3. The zero-order valence-electron chi connectivity index (χ0n) is 14.2. The van der Waals surface area contributed by atoms with E-state index in [1.807, 2.05) is 7.05 Å². The molecule has 0 saturated carbocycles. The third-order valence-electron chi connectivity index (χ3n) is 4.67. The average molecular weight is 384 g/mol. The number of aromatic amines is 1. The summed E-state index contributed by atoms with van der Waals surface area (Å²) in [4.78, 5) is 17.3. The summed E-state index contributed by atoms with van der Waals surface area (Å²) >= 11 is 5.90. The first-order chi connectivity index (χ1) is 12.4. The number of piperidine rings is 1. The molecule has 0 radical (unpaired) electrons. The fraction of sp³-hybridized carbons (Fsp3) is 0.389. The van der Waals surface area contributed by atoms with Crippen molar-refractivity contribution in [3.05, 3.63) is 57.9 Å². The van der Waals surface area contributed by atoms with Gasteiger partial charge in [0.05, 0.1) is 0 Å². The number of hydrogen-bond donors (Lipinski definition) is 3. The number of hydrogen-bond acceptors (Lipinski definition) is 3. The van der Waals surface area contributed by atoms with Gasteiger partial charge in [-0.05, 0) is 51.2 Å². The molecule has 1 amide bonds. The maximum atomic E-state index is 14.0. The summed E-state index contributed by atoms with van der Waals surface area (Å²) in [7, 11) is 2.04. The third-order valence-corrected chi connectivity index (χ3v) is 5.00. The van der Waals surface area contributed by atoms with Crippen LogP contribution in [0.2, 0.25) is 5.02 Å². The lowest BCUT2D eigenvalue weighted by Crippen LogP contribution is -2.43. The van der Waals surface area contributed by atoms with Crippen LogP contribution in [0.1, 0.15) is 40.6 Å². The summed E-state index contributed by atoms with van der Waals surface area (Å²) in [6.45, 7) is 1.83. The van der Waals surface area contributed by atoms with Crippen molar-refractivity contribution in [2.75, 3.05) is 20.1 Å². The summed E-state index contributed by atoms with van der Waals surface area (Å²) in [5, 5.41) is 13.2. The van der Waals surface area contributed by atoms with Gasteiger partial charge in [0.25, 0.3) is 5.91 Å². The van der Waals surface area contributed by atoms with Gasteiger partial charge in [-0.2, -0.15) is 0 Å². The first-order valence-corrected chi connectivity index (χ1v) is 8.73. The molecule has 140 valence electrons. The van der Waals surface area contributed by atoms with Gasteiger partial charge in [0.1, 0.15) is 11.8 Å². The highest BCUT2D eigenvalue weighted by Crippen LogP contribution is 2.32. The zero-order valence-corrected chi connectivity index (χ0v) is 15.0. The molecular formula is C18H20ClF2N3O2. The molecule has 0 bridgehead atoms. The van der Waals surface area contributed by atoms with Gasteiger partial charge in [0, 0.05) is 28.4 Å². The lowest BCUT2D eigenvalue weighted by atomic mass is 10.0. The SMILES string of the molecule is CN1CCC(NC(=O)c2cc(C(O)c3c(Cl)ccc(F)c3F)c[nH]2)CC1.